The summed E-state index contributed by atoms with van der Waals surface area (Å²) in [5, 5.41) is 0.807. The average Bonchev–Trinajstić information content (AvgIpc) is 2.58. The molecule has 128 valence electrons. The first kappa shape index (κ1) is 18.8. The second kappa shape index (κ2) is 8.55. The van der Waals surface area contributed by atoms with Gasteiger partial charge < -0.3 is 4.74 Å². The molecule has 0 heterocycles. The summed E-state index contributed by atoms with van der Waals surface area (Å²) in [5.41, 5.74) is 0.671. The standard InChI is InChI=1S/C20H22Cl2O2/c1-3-12-20(13-4-2,15-8-6-5-7-9-15)24-19(23)17-14-16(21)10-11-18(17)22/h5-11,14H,3-4,12-13H2,1-2H3. The first-order valence-corrected chi connectivity index (χ1v) is 9.02. The van der Waals surface area contributed by atoms with Crippen LogP contribution in [0.2, 0.25) is 10.0 Å². The molecule has 24 heavy (non-hydrogen) atoms. The normalized spacial score (nSPS) is 11.3. The van der Waals surface area contributed by atoms with Crippen LogP contribution in [-0.4, -0.2) is 5.97 Å². The summed E-state index contributed by atoms with van der Waals surface area (Å²) in [5.74, 6) is -0.437. The first-order chi connectivity index (χ1) is 11.5. The van der Waals surface area contributed by atoms with Crippen LogP contribution in [0, 0.1) is 0 Å². The zero-order valence-electron chi connectivity index (χ0n) is 14.0. The van der Waals surface area contributed by atoms with E-state index in [1.54, 1.807) is 18.2 Å². The number of benzene rings is 2. The maximum absolute atomic E-state index is 12.8. The van der Waals surface area contributed by atoms with Gasteiger partial charge in [0.1, 0.15) is 5.60 Å². The molecule has 0 aliphatic heterocycles. The van der Waals surface area contributed by atoms with Gasteiger partial charge in [-0.25, -0.2) is 4.79 Å². The van der Waals surface area contributed by atoms with Gasteiger partial charge in [0.2, 0.25) is 0 Å². The molecule has 0 unspecified atom stereocenters. The van der Waals surface area contributed by atoms with Crippen molar-refractivity contribution in [2.75, 3.05) is 0 Å². The van der Waals surface area contributed by atoms with Gasteiger partial charge in [0.15, 0.2) is 0 Å². The number of carbonyl (C=O) groups excluding carboxylic acids is 1. The molecule has 0 amide bonds. The summed E-state index contributed by atoms with van der Waals surface area (Å²) in [7, 11) is 0. The molecular weight excluding hydrogens is 343 g/mol. The molecule has 0 saturated carbocycles. The summed E-state index contributed by atoms with van der Waals surface area (Å²) in [4.78, 5) is 12.8. The predicted octanol–water partition coefficient (Wildman–Crippen LogP) is 6.65. The van der Waals surface area contributed by atoms with Crippen molar-refractivity contribution in [1.82, 2.24) is 0 Å². The van der Waals surface area contributed by atoms with Crippen LogP contribution in [0.15, 0.2) is 48.5 Å². The fraction of sp³-hybridized carbons (Fsp3) is 0.350. The van der Waals surface area contributed by atoms with Crippen LogP contribution >= 0.6 is 23.2 Å². The Morgan fingerprint density at radius 2 is 1.62 bits per heavy atom. The Morgan fingerprint density at radius 3 is 2.21 bits per heavy atom. The smallest absolute Gasteiger partial charge is 0.340 e. The third-order valence-corrected chi connectivity index (χ3v) is 4.61. The zero-order chi connectivity index (χ0) is 17.6. The van der Waals surface area contributed by atoms with E-state index < -0.39 is 11.6 Å². The molecule has 0 atom stereocenters. The number of halogens is 2. The number of ether oxygens (including phenoxy) is 1. The van der Waals surface area contributed by atoms with E-state index in [4.69, 9.17) is 27.9 Å². The first-order valence-electron chi connectivity index (χ1n) is 8.26. The largest absolute Gasteiger partial charge is 0.451 e. The van der Waals surface area contributed by atoms with E-state index in [1.165, 1.54) is 0 Å². The van der Waals surface area contributed by atoms with Gasteiger partial charge in [-0.1, -0.05) is 80.2 Å². The zero-order valence-corrected chi connectivity index (χ0v) is 15.5. The molecule has 0 aliphatic rings. The fourth-order valence-electron chi connectivity index (χ4n) is 3.01. The lowest BCUT2D eigenvalue weighted by Crippen LogP contribution is -2.32. The van der Waals surface area contributed by atoms with Gasteiger partial charge in [-0.3, -0.25) is 0 Å². The Labute approximate surface area is 153 Å². The van der Waals surface area contributed by atoms with Gasteiger partial charge in [0.05, 0.1) is 10.6 Å². The van der Waals surface area contributed by atoms with Gasteiger partial charge >= 0.3 is 5.97 Å². The summed E-state index contributed by atoms with van der Waals surface area (Å²) >= 11 is 12.2. The SMILES string of the molecule is CCCC(CCC)(OC(=O)c1cc(Cl)ccc1Cl)c1ccccc1. The minimum absolute atomic E-state index is 0.302. The number of hydrogen-bond acceptors (Lipinski definition) is 2. The monoisotopic (exact) mass is 364 g/mol. The predicted molar refractivity (Wildman–Crippen MR) is 99.8 cm³/mol. The highest BCUT2D eigenvalue weighted by Crippen LogP contribution is 2.37. The molecule has 2 rings (SSSR count). The van der Waals surface area contributed by atoms with Crippen LogP contribution in [0.4, 0.5) is 0 Å². The van der Waals surface area contributed by atoms with Gasteiger partial charge in [-0.05, 0) is 36.6 Å². The third-order valence-electron chi connectivity index (χ3n) is 4.04. The highest BCUT2D eigenvalue weighted by molar-refractivity contribution is 6.35. The van der Waals surface area contributed by atoms with E-state index in [9.17, 15) is 4.79 Å². The molecule has 0 fully saturated rings. The minimum atomic E-state index is -0.645. The van der Waals surface area contributed by atoms with Gasteiger partial charge in [0, 0.05) is 5.02 Å². The quantitative estimate of drug-likeness (QED) is 0.514. The van der Waals surface area contributed by atoms with Crippen LogP contribution in [0.1, 0.15) is 55.5 Å². The van der Waals surface area contributed by atoms with E-state index in [1.807, 2.05) is 30.3 Å². The number of rotatable bonds is 7. The van der Waals surface area contributed by atoms with Gasteiger partial charge in [0.25, 0.3) is 0 Å². The minimum Gasteiger partial charge on any atom is -0.451 e. The van der Waals surface area contributed by atoms with Crippen LogP contribution in [-0.2, 0) is 10.3 Å². The van der Waals surface area contributed by atoms with Crippen molar-refractivity contribution in [1.29, 1.82) is 0 Å². The lowest BCUT2D eigenvalue weighted by molar-refractivity contribution is -0.0321. The van der Waals surface area contributed by atoms with E-state index in [0.717, 1.165) is 31.2 Å². The topological polar surface area (TPSA) is 26.3 Å². The molecular formula is C20H22Cl2O2. The molecule has 0 aliphatic carbocycles. The third kappa shape index (κ3) is 4.31. The summed E-state index contributed by atoms with van der Waals surface area (Å²) < 4.78 is 6.04. The molecule has 0 saturated heterocycles. The highest BCUT2D eigenvalue weighted by atomic mass is 35.5. The Bertz CT molecular complexity index is 677. The van der Waals surface area contributed by atoms with E-state index >= 15 is 0 Å². The second-order valence-electron chi connectivity index (χ2n) is 5.87. The maximum Gasteiger partial charge on any atom is 0.340 e. The molecule has 2 nitrogen and oxygen atoms in total. The van der Waals surface area contributed by atoms with E-state index in [-0.39, 0.29) is 0 Å². The van der Waals surface area contributed by atoms with Crippen molar-refractivity contribution < 1.29 is 9.53 Å². The van der Waals surface area contributed by atoms with Crippen molar-refractivity contribution in [2.45, 2.75) is 45.1 Å². The second-order valence-corrected chi connectivity index (χ2v) is 6.72. The van der Waals surface area contributed by atoms with Gasteiger partial charge in [-0.2, -0.15) is 0 Å². The van der Waals surface area contributed by atoms with Crippen LogP contribution in [0.25, 0.3) is 0 Å². The number of hydrogen-bond donors (Lipinski definition) is 0. The molecule has 4 heteroatoms. The molecule has 2 aromatic rings. The summed E-state index contributed by atoms with van der Waals surface area (Å²) in [6.45, 7) is 4.18. The van der Waals surface area contributed by atoms with Crippen molar-refractivity contribution in [3.8, 4) is 0 Å². The Kier molecular flexibility index (Phi) is 6.70. The number of esters is 1. The summed E-state index contributed by atoms with van der Waals surface area (Å²) in [6, 6.07) is 14.7. The van der Waals surface area contributed by atoms with E-state index in [2.05, 4.69) is 13.8 Å². The average molecular weight is 365 g/mol. The number of carbonyl (C=O) groups is 1. The van der Waals surface area contributed by atoms with Gasteiger partial charge in [-0.15, -0.1) is 0 Å². The van der Waals surface area contributed by atoms with E-state index in [0.29, 0.717) is 15.6 Å². The lowest BCUT2D eigenvalue weighted by Gasteiger charge is -2.34. The van der Waals surface area contributed by atoms with Crippen molar-refractivity contribution in [2.24, 2.45) is 0 Å². The Hall–Kier alpha value is -1.51. The Balaban J connectivity index is 2.40. The van der Waals surface area contributed by atoms with Crippen molar-refractivity contribution in [3.05, 3.63) is 69.7 Å². The molecule has 0 radical (unpaired) electrons. The molecule has 0 N–H and O–H groups in total. The van der Waals surface area contributed by atoms with Crippen molar-refractivity contribution in [3.63, 3.8) is 0 Å². The van der Waals surface area contributed by atoms with Crippen molar-refractivity contribution >= 4 is 29.2 Å². The highest BCUT2D eigenvalue weighted by Gasteiger charge is 2.35. The lowest BCUT2D eigenvalue weighted by atomic mass is 9.85. The molecule has 0 aromatic heterocycles. The van der Waals surface area contributed by atoms with Crippen LogP contribution in [0.3, 0.4) is 0 Å². The fourth-order valence-corrected chi connectivity index (χ4v) is 3.38. The maximum atomic E-state index is 12.8. The molecule has 2 aromatic carbocycles. The Morgan fingerprint density at radius 1 is 1.00 bits per heavy atom. The van der Waals surface area contributed by atoms with Crippen LogP contribution < -0.4 is 0 Å². The molecule has 0 spiro atoms. The van der Waals surface area contributed by atoms with Crippen LogP contribution in [0.5, 0.6) is 0 Å². The summed E-state index contributed by atoms with van der Waals surface area (Å²) in [6.07, 6.45) is 3.33. The molecule has 0 bridgehead atoms.